The Morgan fingerprint density at radius 2 is 2.00 bits per heavy atom. The molecule has 0 bridgehead atoms. The molecule has 0 amide bonds. The summed E-state index contributed by atoms with van der Waals surface area (Å²) in [7, 11) is 0. The second-order valence-electron chi connectivity index (χ2n) is 3.54. The number of hydrogen-bond donors (Lipinski definition) is 0. The molecule has 0 saturated heterocycles. The maximum Gasteiger partial charge on any atom is 0.116 e. The van der Waals surface area contributed by atoms with Gasteiger partial charge in [-0.25, -0.2) is 9.97 Å². The van der Waals surface area contributed by atoms with E-state index in [9.17, 15) is 0 Å². The van der Waals surface area contributed by atoms with E-state index in [1.807, 2.05) is 0 Å². The summed E-state index contributed by atoms with van der Waals surface area (Å²) in [4.78, 5) is 8.26. The molecule has 1 aromatic heterocycles. The fourth-order valence-electron chi connectivity index (χ4n) is 1.50. The predicted molar refractivity (Wildman–Crippen MR) is 64.6 cm³/mol. The van der Waals surface area contributed by atoms with Crippen LogP contribution in [0.25, 0.3) is 11.3 Å². The molecule has 0 atom stereocenters. The van der Waals surface area contributed by atoms with Gasteiger partial charge in [0.15, 0.2) is 0 Å². The van der Waals surface area contributed by atoms with Gasteiger partial charge in [0.05, 0.1) is 10.2 Å². The van der Waals surface area contributed by atoms with Gasteiger partial charge >= 0.3 is 0 Å². The van der Waals surface area contributed by atoms with E-state index in [-0.39, 0.29) is 0 Å². The second kappa shape index (κ2) is 4.11. The van der Waals surface area contributed by atoms with Gasteiger partial charge in [0.1, 0.15) is 6.33 Å². The lowest BCUT2D eigenvalue weighted by molar-refractivity contribution is 1.15. The molecular weight excluding hydrogens is 252 g/mol. The predicted octanol–water partition coefficient (Wildman–Crippen LogP) is 3.52. The SMILES string of the molecule is Cc1ccc(C)c(-c2ncncc2Br)c1. The molecule has 2 rings (SSSR count). The molecule has 1 heterocycles. The van der Waals surface area contributed by atoms with Crippen molar-refractivity contribution in [2.75, 3.05) is 0 Å². The molecule has 0 aliphatic carbocycles. The van der Waals surface area contributed by atoms with Crippen LogP contribution in [0.1, 0.15) is 11.1 Å². The average molecular weight is 263 g/mol. The number of aromatic nitrogens is 2. The Hall–Kier alpha value is -1.22. The summed E-state index contributed by atoms with van der Waals surface area (Å²) in [6, 6.07) is 6.36. The molecule has 1 aromatic carbocycles. The summed E-state index contributed by atoms with van der Waals surface area (Å²) < 4.78 is 0.929. The Kier molecular flexibility index (Phi) is 2.82. The molecule has 2 nitrogen and oxygen atoms in total. The summed E-state index contributed by atoms with van der Waals surface area (Å²) in [5.41, 5.74) is 4.57. The van der Waals surface area contributed by atoms with Crippen molar-refractivity contribution in [2.24, 2.45) is 0 Å². The maximum absolute atomic E-state index is 4.29. The van der Waals surface area contributed by atoms with Gasteiger partial charge in [0.2, 0.25) is 0 Å². The number of halogens is 1. The Morgan fingerprint density at radius 1 is 1.20 bits per heavy atom. The summed E-state index contributed by atoms with van der Waals surface area (Å²) >= 11 is 3.47. The van der Waals surface area contributed by atoms with Crippen molar-refractivity contribution in [3.63, 3.8) is 0 Å². The summed E-state index contributed by atoms with van der Waals surface area (Å²) in [5.74, 6) is 0. The van der Waals surface area contributed by atoms with Gasteiger partial charge in [-0.3, -0.25) is 0 Å². The van der Waals surface area contributed by atoms with Gasteiger partial charge in [-0.2, -0.15) is 0 Å². The molecule has 3 heteroatoms. The average Bonchev–Trinajstić information content (AvgIpc) is 2.23. The Labute approximate surface area is 97.5 Å². The highest BCUT2D eigenvalue weighted by molar-refractivity contribution is 9.10. The van der Waals surface area contributed by atoms with Crippen molar-refractivity contribution in [1.29, 1.82) is 0 Å². The molecule has 76 valence electrons. The lowest BCUT2D eigenvalue weighted by atomic mass is 10.0. The lowest BCUT2D eigenvalue weighted by Gasteiger charge is -2.07. The molecular formula is C12H11BrN2. The highest BCUT2D eigenvalue weighted by Gasteiger charge is 2.07. The van der Waals surface area contributed by atoms with Crippen LogP contribution in [-0.2, 0) is 0 Å². The van der Waals surface area contributed by atoms with Crippen LogP contribution in [0.15, 0.2) is 35.2 Å². The lowest BCUT2D eigenvalue weighted by Crippen LogP contribution is -1.90. The second-order valence-corrected chi connectivity index (χ2v) is 4.39. The fourth-order valence-corrected chi connectivity index (χ4v) is 1.94. The molecule has 0 unspecified atom stereocenters. The third-order valence-electron chi connectivity index (χ3n) is 2.32. The summed E-state index contributed by atoms with van der Waals surface area (Å²) in [6.07, 6.45) is 3.34. The first-order chi connectivity index (χ1) is 7.18. The minimum atomic E-state index is 0.929. The van der Waals surface area contributed by atoms with Crippen molar-refractivity contribution in [3.05, 3.63) is 46.3 Å². The summed E-state index contributed by atoms with van der Waals surface area (Å²) in [6.45, 7) is 4.17. The minimum Gasteiger partial charge on any atom is -0.244 e. The van der Waals surface area contributed by atoms with Crippen molar-refractivity contribution in [2.45, 2.75) is 13.8 Å². The summed E-state index contributed by atoms with van der Waals surface area (Å²) in [5, 5.41) is 0. The topological polar surface area (TPSA) is 25.8 Å². The maximum atomic E-state index is 4.29. The van der Waals surface area contributed by atoms with E-state index in [0.717, 1.165) is 15.7 Å². The van der Waals surface area contributed by atoms with Gasteiger partial charge in [-0.15, -0.1) is 0 Å². The minimum absolute atomic E-state index is 0.929. The molecule has 0 fully saturated rings. The first kappa shape index (κ1) is 10.3. The quantitative estimate of drug-likeness (QED) is 0.786. The number of nitrogens with zero attached hydrogens (tertiary/aromatic N) is 2. The van der Waals surface area contributed by atoms with Crippen LogP contribution in [-0.4, -0.2) is 9.97 Å². The Bertz CT molecular complexity index is 495. The van der Waals surface area contributed by atoms with Gasteiger partial charge in [-0.05, 0) is 41.4 Å². The number of benzene rings is 1. The van der Waals surface area contributed by atoms with E-state index in [4.69, 9.17) is 0 Å². The van der Waals surface area contributed by atoms with E-state index in [0.29, 0.717) is 0 Å². The van der Waals surface area contributed by atoms with Crippen LogP contribution in [0.5, 0.6) is 0 Å². The van der Waals surface area contributed by atoms with Crippen molar-refractivity contribution >= 4 is 15.9 Å². The van der Waals surface area contributed by atoms with E-state index in [1.54, 1.807) is 12.5 Å². The molecule has 0 saturated carbocycles. The van der Waals surface area contributed by atoms with Gasteiger partial charge < -0.3 is 0 Å². The van der Waals surface area contributed by atoms with Crippen molar-refractivity contribution in [3.8, 4) is 11.3 Å². The third-order valence-corrected chi connectivity index (χ3v) is 2.90. The zero-order valence-electron chi connectivity index (χ0n) is 8.66. The normalized spacial score (nSPS) is 10.3. The molecule has 15 heavy (non-hydrogen) atoms. The van der Waals surface area contributed by atoms with Crippen molar-refractivity contribution < 1.29 is 0 Å². The van der Waals surface area contributed by atoms with E-state index >= 15 is 0 Å². The third kappa shape index (κ3) is 2.07. The van der Waals surface area contributed by atoms with Crippen molar-refractivity contribution in [1.82, 2.24) is 9.97 Å². The Morgan fingerprint density at radius 3 is 2.73 bits per heavy atom. The van der Waals surface area contributed by atoms with Crippen LogP contribution in [0.4, 0.5) is 0 Å². The fraction of sp³-hybridized carbons (Fsp3) is 0.167. The number of rotatable bonds is 1. The van der Waals surface area contributed by atoms with Crippen LogP contribution >= 0.6 is 15.9 Å². The molecule has 0 aliphatic heterocycles. The monoisotopic (exact) mass is 262 g/mol. The van der Waals surface area contributed by atoms with E-state index in [2.05, 4.69) is 57.9 Å². The molecule has 0 radical (unpaired) electrons. The first-order valence-electron chi connectivity index (χ1n) is 4.71. The molecule has 0 spiro atoms. The molecule has 2 aromatic rings. The van der Waals surface area contributed by atoms with Gasteiger partial charge in [0, 0.05) is 11.8 Å². The zero-order chi connectivity index (χ0) is 10.8. The molecule has 0 aliphatic rings. The highest BCUT2D eigenvalue weighted by atomic mass is 79.9. The standard InChI is InChI=1S/C12H11BrN2/c1-8-3-4-9(2)10(5-8)12-11(13)6-14-7-15-12/h3-7H,1-2H3. The van der Waals surface area contributed by atoms with E-state index in [1.165, 1.54) is 11.1 Å². The van der Waals surface area contributed by atoms with Crippen LogP contribution < -0.4 is 0 Å². The smallest absolute Gasteiger partial charge is 0.116 e. The number of aryl methyl sites for hydroxylation is 2. The highest BCUT2D eigenvalue weighted by Crippen LogP contribution is 2.28. The number of hydrogen-bond acceptors (Lipinski definition) is 2. The van der Waals surface area contributed by atoms with Crippen LogP contribution in [0.3, 0.4) is 0 Å². The molecule has 0 N–H and O–H groups in total. The first-order valence-corrected chi connectivity index (χ1v) is 5.51. The van der Waals surface area contributed by atoms with E-state index < -0.39 is 0 Å². The van der Waals surface area contributed by atoms with Crippen LogP contribution in [0.2, 0.25) is 0 Å². The largest absolute Gasteiger partial charge is 0.244 e. The zero-order valence-corrected chi connectivity index (χ0v) is 10.2. The van der Waals surface area contributed by atoms with Gasteiger partial charge in [-0.1, -0.05) is 17.7 Å². The van der Waals surface area contributed by atoms with Crippen LogP contribution in [0, 0.1) is 13.8 Å². The Balaban J connectivity index is 2.64. The van der Waals surface area contributed by atoms with Gasteiger partial charge in [0.25, 0.3) is 0 Å².